The van der Waals surface area contributed by atoms with Crippen LogP contribution in [0.2, 0.25) is 5.02 Å². The lowest BCUT2D eigenvalue weighted by molar-refractivity contribution is 0.745. The Morgan fingerprint density at radius 1 is 1.21 bits per heavy atom. The number of nitriles is 1. The Balaban J connectivity index is 1.71. The van der Waals surface area contributed by atoms with E-state index in [9.17, 15) is 4.79 Å². The van der Waals surface area contributed by atoms with Crippen molar-refractivity contribution >= 4 is 34.4 Å². The number of thioether (sulfide) groups is 1. The van der Waals surface area contributed by atoms with E-state index in [0.717, 1.165) is 16.1 Å². The van der Waals surface area contributed by atoms with Gasteiger partial charge >= 0.3 is 0 Å². The summed E-state index contributed by atoms with van der Waals surface area (Å²) in [5, 5.41) is 14.3. The van der Waals surface area contributed by atoms with E-state index in [2.05, 4.69) is 16.2 Å². The van der Waals surface area contributed by atoms with Crippen LogP contribution >= 0.6 is 23.4 Å². The Kier molecular flexibility index (Phi) is 4.90. The van der Waals surface area contributed by atoms with E-state index >= 15 is 0 Å². The van der Waals surface area contributed by atoms with Crippen LogP contribution in [0.5, 0.6) is 0 Å². The fraction of sp³-hybridized carbons (Fsp3) is 0.100. The van der Waals surface area contributed by atoms with Gasteiger partial charge in [0, 0.05) is 4.90 Å². The molecule has 138 valence electrons. The van der Waals surface area contributed by atoms with Gasteiger partial charge in [-0.05, 0) is 48.2 Å². The third kappa shape index (κ3) is 3.28. The lowest BCUT2D eigenvalue weighted by Gasteiger charge is -2.08. The maximum atomic E-state index is 12.9. The number of hydrogen-bond donors (Lipinski definition) is 0. The van der Waals surface area contributed by atoms with Crippen LogP contribution in [0.25, 0.3) is 16.7 Å². The normalized spacial score (nSPS) is 10.9. The number of fused-ring (bicyclic) bond motifs is 1. The van der Waals surface area contributed by atoms with Gasteiger partial charge in [0.1, 0.15) is 11.7 Å². The molecule has 0 fully saturated rings. The minimum Gasteiger partial charge on any atom is -0.294 e. The van der Waals surface area contributed by atoms with Crippen molar-refractivity contribution in [3.8, 4) is 11.8 Å². The minimum absolute atomic E-state index is 0.171. The molecule has 0 radical (unpaired) electrons. The van der Waals surface area contributed by atoms with E-state index < -0.39 is 0 Å². The van der Waals surface area contributed by atoms with Crippen molar-refractivity contribution in [3.63, 3.8) is 0 Å². The van der Waals surface area contributed by atoms with Crippen LogP contribution in [0.3, 0.4) is 0 Å². The van der Waals surface area contributed by atoms with E-state index in [1.165, 1.54) is 17.1 Å². The van der Waals surface area contributed by atoms with E-state index in [1.54, 1.807) is 40.7 Å². The summed E-state index contributed by atoms with van der Waals surface area (Å²) in [5.74, 6) is 0. The highest BCUT2D eigenvalue weighted by Gasteiger charge is 2.12. The van der Waals surface area contributed by atoms with Gasteiger partial charge in [-0.25, -0.2) is 9.67 Å². The molecule has 4 aromatic rings. The average Bonchev–Trinajstić information content (AvgIpc) is 3.15. The number of hydrogen-bond acceptors (Lipinski definition) is 5. The van der Waals surface area contributed by atoms with Crippen LogP contribution < -0.4 is 5.56 Å². The van der Waals surface area contributed by atoms with Gasteiger partial charge in [-0.3, -0.25) is 9.36 Å². The zero-order valence-corrected chi connectivity index (χ0v) is 16.4. The molecule has 0 unspecified atom stereocenters. The van der Waals surface area contributed by atoms with Crippen LogP contribution in [-0.2, 0) is 6.54 Å². The Bertz CT molecular complexity index is 1270. The highest BCUT2D eigenvalue weighted by molar-refractivity contribution is 7.98. The fourth-order valence-corrected chi connectivity index (χ4v) is 3.82. The predicted molar refractivity (Wildman–Crippen MR) is 110 cm³/mol. The van der Waals surface area contributed by atoms with Crippen LogP contribution in [0.15, 0.2) is 64.7 Å². The van der Waals surface area contributed by atoms with E-state index in [4.69, 9.17) is 16.9 Å². The fourth-order valence-electron chi connectivity index (χ4n) is 2.93. The summed E-state index contributed by atoms with van der Waals surface area (Å²) < 4.78 is 3.13. The molecule has 0 atom stereocenters. The van der Waals surface area contributed by atoms with E-state index in [1.807, 2.05) is 24.5 Å². The van der Waals surface area contributed by atoms with Crippen molar-refractivity contribution in [2.75, 3.05) is 6.26 Å². The van der Waals surface area contributed by atoms with Crippen LogP contribution in [0, 0.1) is 11.3 Å². The van der Waals surface area contributed by atoms with Crippen molar-refractivity contribution < 1.29 is 0 Å². The van der Waals surface area contributed by atoms with Crippen LogP contribution in [0.4, 0.5) is 0 Å². The molecule has 0 bridgehead atoms. The first-order chi connectivity index (χ1) is 13.6. The molecule has 6 nitrogen and oxygen atoms in total. The average molecular weight is 408 g/mol. The Morgan fingerprint density at radius 3 is 2.68 bits per heavy atom. The standard InChI is InChI=1S/C20H14ClN5OS/c1-28-18-7-4-14(8-17(18)21)11-25-12-23-19-16(20(25)27)10-24-26(19)15-5-2-13(9-22)3-6-15/h2-8,10,12H,11H2,1H3. The van der Waals surface area contributed by atoms with Crippen LogP contribution in [-0.4, -0.2) is 25.6 Å². The quantitative estimate of drug-likeness (QED) is 0.480. The van der Waals surface area contributed by atoms with E-state index in [0.29, 0.717) is 28.2 Å². The van der Waals surface area contributed by atoms with Gasteiger partial charge < -0.3 is 0 Å². The zero-order valence-electron chi connectivity index (χ0n) is 14.8. The van der Waals surface area contributed by atoms with Gasteiger partial charge in [0.05, 0.1) is 35.1 Å². The lowest BCUT2D eigenvalue weighted by Crippen LogP contribution is -2.21. The molecule has 0 spiro atoms. The van der Waals surface area contributed by atoms with Gasteiger partial charge in [0.25, 0.3) is 5.56 Å². The monoisotopic (exact) mass is 407 g/mol. The second-order valence-electron chi connectivity index (χ2n) is 6.10. The van der Waals surface area contributed by atoms with Gasteiger partial charge in [0.2, 0.25) is 0 Å². The smallest absolute Gasteiger partial charge is 0.264 e. The predicted octanol–water partition coefficient (Wildman–Crippen LogP) is 3.88. The minimum atomic E-state index is -0.171. The summed E-state index contributed by atoms with van der Waals surface area (Å²) in [5.41, 5.74) is 2.52. The molecule has 0 aliphatic heterocycles. The number of halogens is 1. The summed E-state index contributed by atoms with van der Waals surface area (Å²) in [6, 6.07) is 14.8. The molecule has 2 heterocycles. The number of benzene rings is 2. The van der Waals surface area contributed by atoms with Gasteiger partial charge in [-0.15, -0.1) is 11.8 Å². The second-order valence-corrected chi connectivity index (χ2v) is 7.35. The highest BCUT2D eigenvalue weighted by Crippen LogP contribution is 2.26. The Morgan fingerprint density at radius 2 is 2.00 bits per heavy atom. The zero-order chi connectivity index (χ0) is 19.7. The van der Waals surface area contributed by atoms with Crippen molar-refractivity contribution in [2.24, 2.45) is 0 Å². The van der Waals surface area contributed by atoms with E-state index in [-0.39, 0.29) is 5.56 Å². The number of nitrogens with zero attached hydrogens (tertiary/aromatic N) is 5. The summed E-state index contributed by atoms with van der Waals surface area (Å²) in [4.78, 5) is 18.3. The molecule has 2 aromatic heterocycles. The first-order valence-electron chi connectivity index (χ1n) is 8.37. The highest BCUT2D eigenvalue weighted by atomic mass is 35.5. The number of aromatic nitrogens is 4. The SMILES string of the molecule is CSc1ccc(Cn2cnc3c(cnn3-c3ccc(C#N)cc3)c2=O)cc1Cl. The molecular weight excluding hydrogens is 394 g/mol. The van der Waals surface area contributed by atoms with Crippen LogP contribution in [0.1, 0.15) is 11.1 Å². The summed E-state index contributed by atoms with van der Waals surface area (Å²) in [6.07, 6.45) is 5.00. The third-order valence-corrected chi connectivity index (χ3v) is 5.59. The molecule has 28 heavy (non-hydrogen) atoms. The molecule has 2 aromatic carbocycles. The van der Waals surface area contributed by atoms with Gasteiger partial charge in [-0.1, -0.05) is 17.7 Å². The van der Waals surface area contributed by atoms with Crippen molar-refractivity contribution in [2.45, 2.75) is 11.4 Å². The maximum absolute atomic E-state index is 12.9. The first kappa shape index (κ1) is 18.3. The Hall–Kier alpha value is -3.08. The van der Waals surface area contributed by atoms with Gasteiger partial charge in [-0.2, -0.15) is 10.4 Å². The molecular formula is C20H14ClN5OS. The first-order valence-corrected chi connectivity index (χ1v) is 9.97. The Labute approximate surface area is 170 Å². The summed E-state index contributed by atoms with van der Waals surface area (Å²) >= 11 is 7.84. The topological polar surface area (TPSA) is 76.5 Å². The van der Waals surface area contributed by atoms with Crippen molar-refractivity contribution in [3.05, 3.63) is 81.5 Å². The molecule has 0 N–H and O–H groups in total. The molecule has 0 amide bonds. The maximum Gasteiger partial charge on any atom is 0.264 e. The molecule has 0 aliphatic carbocycles. The molecule has 8 heteroatoms. The second kappa shape index (κ2) is 7.50. The molecule has 0 aliphatic rings. The lowest BCUT2D eigenvalue weighted by atomic mass is 10.2. The summed E-state index contributed by atoms with van der Waals surface area (Å²) in [7, 11) is 0. The number of rotatable bonds is 4. The molecule has 0 saturated heterocycles. The largest absolute Gasteiger partial charge is 0.294 e. The third-order valence-electron chi connectivity index (χ3n) is 4.36. The summed E-state index contributed by atoms with van der Waals surface area (Å²) in [6.45, 7) is 0.373. The van der Waals surface area contributed by atoms with Crippen molar-refractivity contribution in [1.82, 2.24) is 19.3 Å². The van der Waals surface area contributed by atoms with Gasteiger partial charge in [0.15, 0.2) is 5.65 Å². The molecule has 4 rings (SSSR count). The molecule has 0 saturated carbocycles. The van der Waals surface area contributed by atoms with Crippen molar-refractivity contribution in [1.29, 1.82) is 5.26 Å².